The number of nitrogens with two attached hydrogens (primary N) is 1. The van der Waals surface area contributed by atoms with Crippen LogP contribution in [0.3, 0.4) is 0 Å². The number of rotatable bonds is 4. The van der Waals surface area contributed by atoms with E-state index in [4.69, 9.17) is 10.3 Å². The summed E-state index contributed by atoms with van der Waals surface area (Å²) < 4.78 is 5.33. The van der Waals surface area contributed by atoms with Crippen molar-refractivity contribution in [3.63, 3.8) is 0 Å². The van der Waals surface area contributed by atoms with Crippen LogP contribution in [0.5, 0.6) is 0 Å². The maximum Gasteiger partial charge on any atom is 0.227 e. The summed E-state index contributed by atoms with van der Waals surface area (Å²) in [6, 6.07) is 0.448. The number of likely N-dealkylation sites (tertiary alicyclic amines) is 1. The summed E-state index contributed by atoms with van der Waals surface area (Å²) in [4.78, 5) is 14.5. The highest BCUT2D eigenvalue weighted by Crippen LogP contribution is 2.21. The van der Waals surface area contributed by atoms with Gasteiger partial charge in [0.25, 0.3) is 0 Å². The molecule has 2 N–H and O–H groups in total. The zero-order chi connectivity index (χ0) is 14.7. The summed E-state index contributed by atoms with van der Waals surface area (Å²) in [6.45, 7) is 6.89. The lowest BCUT2D eigenvalue weighted by Gasteiger charge is -2.36. The molecule has 0 spiro atoms. The van der Waals surface area contributed by atoms with Crippen LogP contribution in [0.15, 0.2) is 4.52 Å². The van der Waals surface area contributed by atoms with E-state index in [1.807, 2.05) is 18.7 Å². The number of carbonyl (C=O) groups excluding carboxylic acids is 1. The lowest BCUT2D eigenvalue weighted by atomic mass is 9.97. The van der Waals surface area contributed by atoms with Gasteiger partial charge in [-0.3, -0.25) is 4.79 Å². The molecule has 0 radical (unpaired) electrons. The number of piperidine rings is 1. The van der Waals surface area contributed by atoms with E-state index in [1.54, 1.807) is 0 Å². The van der Waals surface area contributed by atoms with Gasteiger partial charge in [0.1, 0.15) is 5.76 Å². The number of aromatic nitrogens is 1. The predicted octanol–water partition coefficient (Wildman–Crippen LogP) is 1.68. The van der Waals surface area contributed by atoms with Crippen molar-refractivity contribution >= 4 is 5.91 Å². The third-order valence-corrected chi connectivity index (χ3v) is 4.17. The molecule has 1 aromatic rings. The Hall–Kier alpha value is -1.36. The fourth-order valence-corrected chi connectivity index (χ4v) is 2.97. The summed E-state index contributed by atoms with van der Waals surface area (Å²) >= 11 is 0. The molecule has 0 saturated carbocycles. The Bertz CT molecular complexity index is 448. The van der Waals surface area contributed by atoms with Crippen molar-refractivity contribution in [2.75, 3.05) is 6.54 Å². The molecule has 1 saturated heterocycles. The molecule has 1 fully saturated rings. The fourth-order valence-electron chi connectivity index (χ4n) is 2.97. The first-order valence-corrected chi connectivity index (χ1v) is 7.58. The van der Waals surface area contributed by atoms with Gasteiger partial charge in [-0.25, -0.2) is 0 Å². The second-order valence-corrected chi connectivity index (χ2v) is 5.64. The van der Waals surface area contributed by atoms with Crippen molar-refractivity contribution in [3.05, 3.63) is 17.0 Å². The molecular formula is C15H25N3O2. The summed E-state index contributed by atoms with van der Waals surface area (Å²) in [5.41, 5.74) is 7.85. The first kappa shape index (κ1) is 15.0. The molecule has 2 heterocycles. The van der Waals surface area contributed by atoms with Gasteiger partial charge in [-0.1, -0.05) is 19.0 Å². The van der Waals surface area contributed by atoms with E-state index in [9.17, 15) is 4.79 Å². The van der Waals surface area contributed by atoms with Crippen LogP contribution in [0.2, 0.25) is 0 Å². The molecule has 0 unspecified atom stereocenters. The Morgan fingerprint density at radius 3 is 2.80 bits per heavy atom. The van der Waals surface area contributed by atoms with Crippen LogP contribution in [0.25, 0.3) is 0 Å². The molecule has 0 aliphatic carbocycles. The second kappa shape index (κ2) is 6.39. The minimum absolute atomic E-state index is 0.164. The molecule has 5 nitrogen and oxygen atoms in total. The van der Waals surface area contributed by atoms with Crippen molar-refractivity contribution < 1.29 is 9.32 Å². The number of hydrogen-bond acceptors (Lipinski definition) is 4. The van der Waals surface area contributed by atoms with Crippen molar-refractivity contribution in [1.29, 1.82) is 0 Å². The smallest absolute Gasteiger partial charge is 0.227 e. The van der Waals surface area contributed by atoms with E-state index >= 15 is 0 Å². The highest BCUT2D eigenvalue weighted by atomic mass is 16.5. The lowest BCUT2D eigenvalue weighted by Crippen LogP contribution is -2.48. The predicted molar refractivity (Wildman–Crippen MR) is 77.3 cm³/mol. The van der Waals surface area contributed by atoms with Gasteiger partial charge < -0.3 is 15.2 Å². The molecule has 0 bridgehead atoms. The van der Waals surface area contributed by atoms with Gasteiger partial charge in [0.2, 0.25) is 5.91 Å². The van der Waals surface area contributed by atoms with E-state index in [0.29, 0.717) is 6.42 Å². The normalized spacial score (nSPS) is 23.1. The third-order valence-electron chi connectivity index (χ3n) is 4.17. The maximum absolute atomic E-state index is 12.5. The summed E-state index contributed by atoms with van der Waals surface area (Å²) in [7, 11) is 0. The van der Waals surface area contributed by atoms with Gasteiger partial charge in [-0.2, -0.15) is 0 Å². The Balaban J connectivity index is 2.09. The monoisotopic (exact) mass is 279 g/mol. The van der Waals surface area contributed by atoms with Crippen LogP contribution < -0.4 is 5.73 Å². The highest BCUT2D eigenvalue weighted by Gasteiger charge is 2.28. The largest absolute Gasteiger partial charge is 0.361 e. The summed E-state index contributed by atoms with van der Waals surface area (Å²) in [6.07, 6.45) is 3.75. The first-order valence-electron chi connectivity index (χ1n) is 7.58. The Morgan fingerprint density at radius 2 is 2.20 bits per heavy atom. The Labute approximate surface area is 120 Å². The second-order valence-electron chi connectivity index (χ2n) is 5.64. The van der Waals surface area contributed by atoms with Crippen LogP contribution in [-0.2, 0) is 24.1 Å². The summed E-state index contributed by atoms with van der Waals surface area (Å²) in [5, 5.41) is 4.07. The van der Waals surface area contributed by atoms with Crippen LogP contribution in [0.4, 0.5) is 0 Å². The highest BCUT2D eigenvalue weighted by molar-refractivity contribution is 5.79. The number of amides is 1. The Kier molecular flexibility index (Phi) is 4.81. The fraction of sp³-hybridized carbons (Fsp3) is 0.733. The van der Waals surface area contributed by atoms with Crippen molar-refractivity contribution in [1.82, 2.24) is 10.1 Å². The summed E-state index contributed by atoms with van der Waals surface area (Å²) in [5.74, 6) is 1.01. The van der Waals surface area contributed by atoms with Crippen LogP contribution in [0, 0.1) is 0 Å². The first-order chi connectivity index (χ1) is 9.56. The van der Waals surface area contributed by atoms with E-state index in [0.717, 1.165) is 49.2 Å². The maximum atomic E-state index is 12.5. The van der Waals surface area contributed by atoms with Crippen molar-refractivity contribution in [3.8, 4) is 0 Å². The topological polar surface area (TPSA) is 72.4 Å². The van der Waals surface area contributed by atoms with Gasteiger partial charge in [-0.15, -0.1) is 0 Å². The number of aryl methyl sites for hydroxylation is 2. The molecule has 1 amide bonds. The van der Waals surface area contributed by atoms with E-state index in [1.165, 1.54) is 0 Å². The third kappa shape index (κ3) is 3.03. The molecule has 1 aromatic heterocycles. The standard InChI is InChI=1S/C15H25N3O2/c1-4-13-12(14(5-2)20-17-13)9-15(19)18-7-6-11(16)8-10(18)3/h10-11H,4-9,16H2,1-3H3/t10-,11+/m1/s1. The van der Waals surface area contributed by atoms with Gasteiger partial charge >= 0.3 is 0 Å². The molecule has 0 aromatic carbocycles. The van der Waals surface area contributed by atoms with Gasteiger partial charge in [-0.05, 0) is 26.2 Å². The molecule has 1 aliphatic rings. The minimum atomic E-state index is 0.164. The van der Waals surface area contributed by atoms with E-state index in [2.05, 4.69) is 12.1 Å². The lowest BCUT2D eigenvalue weighted by molar-refractivity contribution is -0.133. The number of hydrogen-bond donors (Lipinski definition) is 1. The van der Waals surface area contributed by atoms with Gasteiger partial charge in [0, 0.05) is 30.6 Å². The Morgan fingerprint density at radius 1 is 1.45 bits per heavy atom. The van der Waals surface area contributed by atoms with Gasteiger partial charge in [0.15, 0.2) is 0 Å². The molecule has 20 heavy (non-hydrogen) atoms. The SMILES string of the molecule is CCc1noc(CC)c1CC(=O)N1CC[C@H](N)C[C@H]1C. The van der Waals surface area contributed by atoms with Crippen LogP contribution >= 0.6 is 0 Å². The molecule has 112 valence electrons. The minimum Gasteiger partial charge on any atom is -0.361 e. The van der Waals surface area contributed by atoms with Gasteiger partial charge in [0.05, 0.1) is 12.1 Å². The molecular weight excluding hydrogens is 254 g/mol. The van der Waals surface area contributed by atoms with E-state index < -0.39 is 0 Å². The van der Waals surface area contributed by atoms with E-state index in [-0.39, 0.29) is 18.0 Å². The van der Waals surface area contributed by atoms with Crippen LogP contribution in [0.1, 0.15) is 50.6 Å². The average molecular weight is 279 g/mol. The number of carbonyl (C=O) groups is 1. The van der Waals surface area contributed by atoms with Crippen LogP contribution in [-0.4, -0.2) is 34.6 Å². The zero-order valence-corrected chi connectivity index (χ0v) is 12.7. The average Bonchev–Trinajstić information content (AvgIpc) is 2.80. The molecule has 2 rings (SSSR count). The number of nitrogens with zero attached hydrogens (tertiary/aromatic N) is 2. The molecule has 1 aliphatic heterocycles. The van der Waals surface area contributed by atoms with Crippen molar-refractivity contribution in [2.24, 2.45) is 5.73 Å². The zero-order valence-electron chi connectivity index (χ0n) is 12.7. The molecule has 5 heteroatoms. The molecule has 2 atom stereocenters. The quantitative estimate of drug-likeness (QED) is 0.910. The van der Waals surface area contributed by atoms with Crippen molar-refractivity contribution in [2.45, 2.75) is 65.0 Å².